The second-order valence-corrected chi connectivity index (χ2v) is 7.07. The van der Waals surface area contributed by atoms with Gasteiger partial charge in [-0.2, -0.15) is 5.10 Å². The lowest BCUT2D eigenvalue weighted by Crippen LogP contribution is -2.48. The lowest BCUT2D eigenvalue weighted by molar-refractivity contribution is 0.116. The van der Waals surface area contributed by atoms with Gasteiger partial charge in [0.25, 0.3) is 0 Å². The number of benzene rings is 1. The molecule has 0 radical (unpaired) electrons. The third-order valence-electron chi connectivity index (χ3n) is 5.15. The van der Waals surface area contributed by atoms with Crippen LogP contribution < -0.4 is 5.32 Å². The molecule has 0 bridgehead atoms. The summed E-state index contributed by atoms with van der Waals surface area (Å²) in [6, 6.07) is 9.86. The van der Waals surface area contributed by atoms with Gasteiger partial charge in [-0.3, -0.25) is 5.10 Å². The van der Waals surface area contributed by atoms with Crippen molar-refractivity contribution >= 4 is 6.03 Å². The van der Waals surface area contributed by atoms with Crippen LogP contribution in [0.25, 0.3) is 0 Å². The van der Waals surface area contributed by atoms with Gasteiger partial charge in [-0.05, 0) is 43.2 Å². The lowest BCUT2D eigenvalue weighted by atomic mass is 9.94. The Morgan fingerprint density at radius 1 is 1.32 bits per heavy atom. The van der Waals surface area contributed by atoms with E-state index in [1.54, 1.807) is 0 Å². The number of rotatable bonds is 5. The Labute approximate surface area is 147 Å². The maximum Gasteiger partial charge on any atom is 0.317 e. The van der Waals surface area contributed by atoms with Gasteiger partial charge in [0, 0.05) is 17.8 Å². The van der Waals surface area contributed by atoms with E-state index in [1.807, 2.05) is 41.4 Å². The molecule has 2 aliphatic carbocycles. The average Bonchev–Trinajstić information content (AvgIpc) is 3.37. The Kier molecular flexibility index (Phi) is 4.44. The number of hydrogen-bond acceptors (Lipinski definition) is 3. The minimum absolute atomic E-state index is 0.0607. The molecule has 1 fully saturated rings. The molecule has 6 heteroatoms. The van der Waals surface area contributed by atoms with Crippen LogP contribution in [0.3, 0.4) is 0 Å². The molecule has 2 aromatic rings. The summed E-state index contributed by atoms with van der Waals surface area (Å²) in [7, 11) is 0. The molecule has 2 aliphatic rings. The highest BCUT2D eigenvalue weighted by Gasteiger charge is 2.35. The molecule has 3 N–H and O–H groups in total. The Morgan fingerprint density at radius 3 is 2.88 bits per heavy atom. The zero-order chi connectivity index (χ0) is 17.2. The first-order valence-corrected chi connectivity index (χ1v) is 9.02. The number of aromatic nitrogens is 2. The molecule has 2 amide bonds. The van der Waals surface area contributed by atoms with E-state index in [9.17, 15) is 9.90 Å². The van der Waals surface area contributed by atoms with Crippen molar-refractivity contribution in [3.63, 3.8) is 0 Å². The molecule has 1 aromatic carbocycles. The van der Waals surface area contributed by atoms with E-state index in [4.69, 9.17) is 0 Å². The summed E-state index contributed by atoms with van der Waals surface area (Å²) in [6.45, 7) is 0.337. The fraction of sp³-hybridized carbons (Fsp3) is 0.474. The number of urea groups is 1. The van der Waals surface area contributed by atoms with Crippen LogP contribution in [-0.4, -0.2) is 44.9 Å². The lowest BCUT2D eigenvalue weighted by Gasteiger charge is -2.29. The first-order chi connectivity index (χ1) is 12.2. The van der Waals surface area contributed by atoms with Crippen molar-refractivity contribution < 1.29 is 9.90 Å². The molecule has 1 saturated carbocycles. The number of fused-ring (bicyclic) bond motifs is 1. The first-order valence-electron chi connectivity index (χ1n) is 9.02. The van der Waals surface area contributed by atoms with E-state index in [-0.39, 0.29) is 18.1 Å². The molecule has 4 rings (SSSR count). The highest BCUT2D eigenvalue weighted by Crippen LogP contribution is 2.29. The minimum atomic E-state index is -0.653. The van der Waals surface area contributed by atoms with Gasteiger partial charge in [-0.15, -0.1) is 0 Å². The number of hydrogen-bond donors (Lipinski definition) is 3. The minimum Gasteiger partial charge on any atom is -0.387 e. The van der Waals surface area contributed by atoms with Crippen molar-refractivity contribution in [3.05, 3.63) is 53.3 Å². The third-order valence-corrected chi connectivity index (χ3v) is 5.15. The zero-order valence-electron chi connectivity index (χ0n) is 14.2. The monoisotopic (exact) mass is 340 g/mol. The molecular weight excluding hydrogens is 316 g/mol. The Balaban J connectivity index is 1.38. The molecule has 0 saturated heterocycles. The molecule has 0 aliphatic heterocycles. The highest BCUT2D eigenvalue weighted by molar-refractivity contribution is 5.75. The summed E-state index contributed by atoms with van der Waals surface area (Å²) < 4.78 is 0. The van der Waals surface area contributed by atoms with E-state index in [2.05, 4.69) is 15.5 Å². The van der Waals surface area contributed by atoms with Crippen LogP contribution in [0.1, 0.15) is 42.2 Å². The van der Waals surface area contributed by atoms with Crippen molar-refractivity contribution in [2.45, 2.75) is 50.3 Å². The van der Waals surface area contributed by atoms with Gasteiger partial charge >= 0.3 is 6.03 Å². The molecule has 25 heavy (non-hydrogen) atoms. The van der Waals surface area contributed by atoms with Crippen molar-refractivity contribution in [1.29, 1.82) is 0 Å². The number of nitrogens with one attached hydrogen (secondary N) is 2. The Morgan fingerprint density at radius 2 is 2.12 bits per heavy atom. The maximum absolute atomic E-state index is 12.8. The van der Waals surface area contributed by atoms with Gasteiger partial charge in [0.2, 0.25) is 0 Å². The van der Waals surface area contributed by atoms with Crippen LogP contribution in [0, 0.1) is 0 Å². The van der Waals surface area contributed by atoms with Gasteiger partial charge < -0.3 is 15.3 Å². The fourth-order valence-electron chi connectivity index (χ4n) is 3.55. The van der Waals surface area contributed by atoms with Crippen LogP contribution in [0.5, 0.6) is 0 Å². The van der Waals surface area contributed by atoms with Gasteiger partial charge in [0.05, 0.1) is 18.8 Å². The van der Waals surface area contributed by atoms with Crippen LogP contribution in [-0.2, 0) is 12.8 Å². The number of aliphatic hydroxyl groups excluding tert-OH is 1. The number of carbonyl (C=O) groups is 1. The van der Waals surface area contributed by atoms with Crippen molar-refractivity contribution in [1.82, 2.24) is 20.4 Å². The Bertz CT molecular complexity index is 726. The summed E-state index contributed by atoms with van der Waals surface area (Å²) in [4.78, 5) is 14.6. The van der Waals surface area contributed by atoms with Crippen LogP contribution in [0.4, 0.5) is 4.79 Å². The molecule has 2 atom stereocenters. The largest absolute Gasteiger partial charge is 0.387 e. The number of aryl methyl sites for hydroxylation is 1. The number of nitrogens with zero attached hydrogens (tertiary/aromatic N) is 2. The highest BCUT2D eigenvalue weighted by atomic mass is 16.3. The molecule has 0 unspecified atom stereocenters. The van der Waals surface area contributed by atoms with Crippen LogP contribution in [0.15, 0.2) is 36.5 Å². The Hall–Kier alpha value is -2.34. The van der Waals surface area contributed by atoms with E-state index < -0.39 is 6.10 Å². The van der Waals surface area contributed by atoms with Gasteiger partial charge in [0.15, 0.2) is 0 Å². The van der Waals surface area contributed by atoms with Crippen molar-refractivity contribution in [3.8, 4) is 0 Å². The molecular formula is C19H24N4O2. The summed E-state index contributed by atoms with van der Waals surface area (Å²) in [6.07, 6.45) is 5.89. The van der Waals surface area contributed by atoms with E-state index >= 15 is 0 Å². The molecule has 1 aromatic heterocycles. The normalized spacial score (nSPS) is 20.6. The van der Waals surface area contributed by atoms with E-state index in [1.165, 1.54) is 11.3 Å². The van der Waals surface area contributed by atoms with E-state index in [0.717, 1.165) is 37.7 Å². The SMILES string of the molecule is O=C(N[C@H]1CCc2[nH]ncc2C1)N(C[C@@H](O)c1ccccc1)C1CC1. The quantitative estimate of drug-likeness (QED) is 0.780. The predicted octanol–water partition coefficient (Wildman–Crippen LogP) is 2.17. The summed E-state index contributed by atoms with van der Waals surface area (Å²) in [5.74, 6) is 0. The number of amides is 2. The van der Waals surface area contributed by atoms with Crippen LogP contribution >= 0.6 is 0 Å². The topological polar surface area (TPSA) is 81.2 Å². The van der Waals surface area contributed by atoms with E-state index in [0.29, 0.717) is 6.54 Å². The zero-order valence-corrected chi connectivity index (χ0v) is 14.2. The molecule has 0 spiro atoms. The second-order valence-electron chi connectivity index (χ2n) is 7.07. The first kappa shape index (κ1) is 16.1. The number of aromatic amines is 1. The standard InChI is InChI=1S/C19H24N4O2/c24-18(13-4-2-1-3-5-13)12-23(16-7-8-16)19(25)21-15-6-9-17-14(10-15)11-20-22-17/h1-5,11,15-16,18,24H,6-10,12H2,(H,20,22)(H,21,25)/t15-,18+/m0/s1. The third kappa shape index (κ3) is 3.69. The fourth-order valence-corrected chi connectivity index (χ4v) is 3.55. The molecule has 6 nitrogen and oxygen atoms in total. The molecule has 1 heterocycles. The van der Waals surface area contributed by atoms with Crippen molar-refractivity contribution in [2.24, 2.45) is 0 Å². The van der Waals surface area contributed by atoms with Crippen molar-refractivity contribution in [2.75, 3.05) is 6.54 Å². The number of H-pyrrole nitrogens is 1. The summed E-state index contributed by atoms with van der Waals surface area (Å²) in [5, 5.41) is 20.8. The second kappa shape index (κ2) is 6.88. The maximum atomic E-state index is 12.8. The predicted molar refractivity (Wildman–Crippen MR) is 94.1 cm³/mol. The summed E-state index contributed by atoms with van der Waals surface area (Å²) in [5.41, 5.74) is 3.23. The number of aliphatic hydroxyl groups is 1. The van der Waals surface area contributed by atoms with Gasteiger partial charge in [0.1, 0.15) is 0 Å². The van der Waals surface area contributed by atoms with Crippen LogP contribution in [0.2, 0.25) is 0 Å². The average molecular weight is 340 g/mol. The number of carbonyl (C=O) groups excluding carboxylic acids is 1. The molecule has 132 valence electrons. The smallest absolute Gasteiger partial charge is 0.317 e. The van der Waals surface area contributed by atoms with Gasteiger partial charge in [-0.1, -0.05) is 30.3 Å². The van der Waals surface area contributed by atoms with Gasteiger partial charge in [-0.25, -0.2) is 4.79 Å². The summed E-state index contributed by atoms with van der Waals surface area (Å²) >= 11 is 0.